The van der Waals surface area contributed by atoms with Gasteiger partial charge in [0.1, 0.15) is 5.78 Å². The van der Waals surface area contributed by atoms with Crippen LogP contribution in [0.25, 0.3) is 0 Å². The number of methoxy groups -OCH3 is 1. The Balaban J connectivity index is 1.30. The minimum atomic E-state index is -0.712. The summed E-state index contributed by atoms with van der Waals surface area (Å²) in [6, 6.07) is 15.2. The molecule has 7 heteroatoms. The Morgan fingerprint density at radius 1 is 1.09 bits per heavy atom. The summed E-state index contributed by atoms with van der Waals surface area (Å²) in [6.07, 6.45) is 4.77. The summed E-state index contributed by atoms with van der Waals surface area (Å²) >= 11 is 0. The topological polar surface area (TPSA) is 77.1 Å². The van der Waals surface area contributed by atoms with E-state index in [4.69, 9.17) is 14.2 Å². The summed E-state index contributed by atoms with van der Waals surface area (Å²) < 4.78 is 17.4. The molecule has 1 N–H and O–H groups in total. The van der Waals surface area contributed by atoms with Crippen molar-refractivity contribution in [2.75, 3.05) is 38.7 Å². The molecule has 0 spiro atoms. The minimum Gasteiger partial charge on any atom is -0.493 e. The Kier molecular flexibility index (Phi) is 9.15. The molecule has 35 heavy (non-hydrogen) atoms. The van der Waals surface area contributed by atoms with Gasteiger partial charge in [0.05, 0.1) is 32.3 Å². The number of likely N-dealkylation sites (tertiary alicyclic amines) is 1. The van der Waals surface area contributed by atoms with Crippen LogP contribution in [-0.2, 0) is 20.9 Å². The number of ether oxygens (including phenoxy) is 3. The molecule has 1 heterocycles. The average Bonchev–Trinajstić information content (AvgIpc) is 3.40. The molecule has 1 amide bonds. The van der Waals surface area contributed by atoms with Gasteiger partial charge in [0.2, 0.25) is 5.91 Å². The standard InChI is InChI=1S/C28H36N2O5/c1-33-26-13-10-22(18-27(26)34-17-7-16-30-14-5-6-15-30)29-28(32)24-19-23(11-12-25(24)31)35-20-21-8-3-2-4-9-21/h2-4,8-10,13,18,23-24H,5-7,11-12,14-17,19-20H2,1H3,(H,29,32). The van der Waals surface area contributed by atoms with Gasteiger partial charge in [0.25, 0.3) is 0 Å². The van der Waals surface area contributed by atoms with E-state index in [1.165, 1.54) is 25.9 Å². The molecule has 188 valence electrons. The van der Waals surface area contributed by atoms with E-state index in [1.807, 2.05) is 30.3 Å². The largest absolute Gasteiger partial charge is 0.493 e. The first kappa shape index (κ1) is 25.2. The fourth-order valence-electron chi connectivity index (χ4n) is 4.76. The number of nitrogens with zero attached hydrogens (tertiary/aromatic N) is 1. The van der Waals surface area contributed by atoms with Gasteiger partial charge in [-0.1, -0.05) is 30.3 Å². The van der Waals surface area contributed by atoms with E-state index in [1.54, 1.807) is 25.3 Å². The van der Waals surface area contributed by atoms with Crippen LogP contribution < -0.4 is 14.8 Å². The number of carbonyl (C=O) groups is 2. The maximum Gasteiger partial charge on any atom is 0.235 e. The molecule has 2 unspecified atom stereocenters. The Morgan fingerprint density at radius 2 is 1.89 bits per heavy atom. The van der Waals surface area contributed by atoms with Crippen LogP contribution in [-0.4, -0.2) is 56.0 Å². The first-order valence-corrected chi connectivity index (χ1v) is 12.6. The zero-order valence-corrected chi connectivity index (χ0v) is 20.5. The minimum absolute atomic E-state index is 0.0334. The maximum atomic E-state index is 13.0. The predicted molar refractivity (Wildman–Crippen MR) is 135 cm³/mol. The van der Waals surface area contributed by atoms with Crippen molar-refractivity contribution in [3.05, 3.63) is 54.1 Å². The first-order chi connectivity index (χ1) is 17.1. The van der Waals surface area contributed by atoms with Gasteiger partial charge in [0.15, 0.2) is 11.5 Å². The summed E-state index contributed by atoms with van der Waals surface area (Å²) in [5, 5.41) is 2.90. The highest BCUT2D eigenvalue weighted by Crippen LogP contribution is 2.32. The van der Waals surface area contributed by atoms with Crippen LogP contribution in [0.1, 0.15) is 44.1 Å². The van der Waals surface area contributed by atoms with Crippen molar-refractivity contribution in [3.63, 3.8) is 0 Å². The number of hydrogen-bond donors (Lipinski definition) is 1. The van der Waals surface area contributed by atoms with E-state index in [0.29, 0.717) is 49.7 Å². The molecule has 2 aromatic rings. The summed E-state index contributed by atoms with van der Waals surface area (Å²) in [4.78, 5) is 28.0. The van der Waals surface area contributed by atoms with Crippen molar-refractivity contribution >= 4 is 17.4 Å². The molecule has 2 aliphatic rings. The fraction of sp³-hybridized carbons (Fsp3) is 0.500. The van der Waals surface area contributed by atoms with Gasteiger partial charge in [-0.05, 0) is 62.9 Å². The number of amides is 1. The maximum absolute atomic E-state index is 13.0. The molecule has 0 radical (unpaired) electrons. The van der Waals surface area contributed by atoms with E-state index in [2.05, 4.69) is 10.2 Å². The first-order valence-electron chi connectivity index (χ1n) is 12.6. The Bertz CT molecular complexity index is 975. The van der Waals surface area contributed by atoms with Crippen LogP contribution in [0.3, 0.4) is 0 Å². The Hall–Kier alpha value is -2.90. The van der Waals surface area contributed by atoms with Crippen molar-refractivity contribution < 1.29 is 23.8 Å². The summed E-state index contributed by atoms with van der Waals surface area (Å²) in [6.45, 7) is 4.42. The molecular weight excluding hydrogens is 444 g/mol. The van der Waals surface area contributed by atoms with Gasteiger partial charge >= 0.3 is 0 Å². The van der Waals surface area contributed by atoms with E-state index in [-0.39, 0.29) is 17.8 Å². The number of rotatable bonds is 11. The monoisotopic (exact) mass is 480 g/mol. The van der Waals surface area contributed by atoms with Crippen molar-refractivity contribution in [2.24, 2.45) is 5.92 Å². The van der Waals surface area contributed by atoms with Crippen LogP contribution in [0.4, 0.5) is 5.69 Å². The third kappa shape index (κ3) is 7.29. The molecule has 1 aliphatic heterocycles. The van der Waals surface area contributed by atoms with Crippen molar-refractivity contribution in [1.29, 1.82) is 0 Å². The number of nitrogens with one attached hydrogen (secondary N) is 1. The van der Waals surface area contributed by atoms with Gasteiger partial charge in [0, 0.05) is 24.7 Å². The fourth-order valence-corrected chi connectivity index (χ4v) is 4.76. The van der Waals surface area contributed by atoms with Crippen LogP contribution in [0, 0.1) is 5.92 Å². The van der Waals surface area contributed by atoms with Crippen LogP contribution >= 0.6 is 0 Å². The van der Waals surface area contributed by atoms with Crippen LogP contribution in [0.2, 0.25) is 0 Å². The smallest absolute Gasteiger partial charge is 0.235 e. The van der Waals surface area contributed by atoms with Gasteiger partial charge in [-0.2, -0.15) is 0 Å². The summed E-state index contributed by atoms with van der Waals surface area (Å²) in [5.41, 5.74) is 1.67. The summed E-state index contributed by atoms with van der Waals surface area (Å²) in [5.74, 6) is 0.164. The second-order valence-electron chi connectivity index (χ2n) is 9.32. The third-order valence-electron chi connectivity index (χ3n) is 6.75. The summed E-state index contributed by atoms with van der Waals surface area (Å²) in [7, 11) is 1.60. The quantitative estimate of drug-likeness (QED) is 0.378. The van der Waals surface area contributed by atoms with E-state index < -0.39 is 5.92 Å². The van der Waals surface area contributed by atoms with E-state index >= 15 is 0 Å². The lowest BCUT2D eigenvalue weighted by Crippen LogP contribution is -2.37. The molecule has 1 saturated heterocycles. The highest BCUT2D eigenvalue weighted by molar-refractivity contribution is 6.07. The van der Waals surface area contributed by atoms with Gasteiger partial charge in [-0.3, -0.25) is 9.59 Å². The van der Waals surface area contributed by atoms with Crippen molar-refractivity contribution in [3.8, 4) is 11.5 Å². The van der Waals surface area contributed by atoms with Gasteiger partial charge in [-0.15, -0.1) is 0 Å². The SMILES string of the molecule is COc1ccc(NC(=O)C2CC(OCc3ccccc3)CCC2=O)cc1OCCCN1CCCC1. The molecule has 2 aromatic carbocycles. The van der Waals surface area contributed by atoms with Crippen LogP contribution in [0.15, 0.2) is 48.5 Å². The predicted octanol–water partition coefficient (Wildman–Crippen LogP) is 4.45. The Morgan fingerprint density at radius 3 is 2.66 bits per heavy atom. The van der Waals surface area contributed by atoms with Gasteiger partial charge in [-0.25, -0.2) is 0 Å². The molecule has 1 aliphatic carbocycles. The third-order valence-corrected chi connectivity index (χ3v) is 6.75. The van der Waals surface area contributed by atoms with E-state index in [0.717, 1.165) is 18.5 Å². The van der Waals surface area contributed by atoms with E-state index in [9.17, 15) is 9.59 Å². The molecule has 0 bridgehead atoms. The molecule has 1 saturated carbocycles. The normalized spacial score (nSPS) is 20.5. The molecule has 0 aromatic heterocycles. The molecule has 2 atom stereocenters. The number of benzene rings is 2. The lowest BCUT2D eigenvalue weighted by molar-refractivity contribution is -0.136. The number of hydrogen-bond acceptors (Lipinski definition) is 6. The number of ketones is 1. The number of carbonyl (C=O) groups excluding carboxylic acids is 2. The highest BCUT2D eigenvalue weighted by atomic mass is 16.5. The second kappa shape index (κ2) is 12.7. The lowest BCUT2D eigenvalue weighted by atomic mass is 9.85. The molecule has 7 nitrogen and oxygen atoms in total. The molecule has 2 fully saturated rings. The highest BCUT2D eigenvalue weighted by Gasteiger charge is 2.34. The number of Topliss-reactive ketones (excluding diaryl/α,β-unsaturated/α-hetero) is 1. The lowest BCUT2D eigenvalue weighted by Gasteiger charge is -2.27. The molecular formula is C28H36N2O5. The number of anilines is 1. The van der Waals surface area contributed by atoms with Crippen molar-refractivity contribution in [2.45, 2.75) is 51.2 Å². The Labute approximate surface area is 207 Å². The zero-order valence-electron chi connectivity index (χ0n) is 20.5. The van der Waals surface area contributed by atoms with Gasteiger partial charge < -0.3 is 24.4 Å². The van der Waals surface area contributed by atoms with Crippen LogP contribution in [0.5, 0.6) is 11.5 Å². The second-order valence-corrected chi connectivity index (χ2v) is 9.32. The average molecular weight is 481 g/mol. The zero-order chi connectivity index (χ0) is 24.5. The van der Waals surface area contributed by atoms with Crippen molar-refractivity contribution in [1.82, 2.24) is 4.90 Å². The molecule has 4 rings (SSSR count).